The maximum atomic E-state index is 13.9. The van der Waals surface area contributed by atoms with E-state index in [0.717, 1.165) is 0 Å². The van der Waals surface area contributed by atoms with Crippen LogP contribution in [0.3, 0.4) is 0 Å². The zero-order chi connectivity index (χ0) is 13.9. The van der Waals surface area contributed by atoms with E-state index in [4.69, 9.17) is 5.73 Å². The van der Waals surface area contributed by atoms with E-state index in [1.807, 2.05) is 13.8 Å². The van der Waals surface area contributed by atoms with Gasteiger partial charge in [0.2, 0.25) is 5.91 Å². The van der Waals surface area contributed by atoms with Gasteiger partial charge in [0.1, 0.15) is 11.4 Å². The normalized spacial score (nSPS) is 14.6. The predicted molar refractivity (Wildman–Crippen MR) is 73.5 cm³/mol. The Kier molecular flexibility index (Phi) is 4.87. The first-order chi connectivity index (χ1) is 8.27. The van der Waals surface area contributed by atoms with Gasteiger partial charge < -0.3 is 5.73 Å². The highest BCUT2D eigenvalue weighted by molar-refractivity contribution is 9.10. The molecule has 0 saturated heterocycles. The summed E-state index contributed by atoms with van der Waals surface area (Å²) in [6.45, 7) is 6.19. The van der Waals surface area contributed by atoms with Gasteiger partial charge in [-0.15, -0.1) is 0 Å². The topological polar surface area (TPSA) is 55.1 Å². The molecule has 0 saturated carbocycles. The van der Waals surface area contributed by atoms with Gasteiger partial charge in [-0.1, -0.05) is 29.8 Å². The molecule has 1 rings (SSSR count). The molecule has 0 spiro atoms. The van der Waals surface area contributed by atoms with Crippen molar-refractivity contribution < 1.29 is 9.18 Å². The Morgan fingerprint density at radius 1 is 1.56 bits per heavy atom. The molecular formula is C13H18BrFN2O. The average molecular weight is 317 g/mol. The van der Waals surface area contributed by atoms with Gasteiger partial charge in [0.15, 0.2) is 0 Å². The summed E-state index contributed by atoms with van der Waals surface area (Å²) in [7, 11) is 0. The molecular weight excluding hydrogens is 299 g/mol. The van der Waals surface area contributed by atoms with Crippen molar-refractivity contribution >= 4 is 21.8 Å². The molecule has 1 aromatic rings. The highest BCUT2D eigenvalue weighted by atomic mass is 79.9. The Morgan fingerprint density at radius 3 is 2.67 bits per heavy atom. The maximum absolute atomic E-state index is 13.9. The lowest BCUT2D eigenvalue weighted by atomic mass is 9.90. The Labute approximate surface area is 115 Å². The number of carbonyl (C=O) groups excluding carboxylic acids is 1. The van der Waals surface area contributed by atoms with E-state index in [0.29, 0.717) is 16.9 Å². The number of hydrogen-bond acceptors (Lipinski definition) is 2. The Morgan fingerprint density at radius 2 is 2.17 bits per heavy atom. The van der Waals surface area contributed by atoms with Crippen molar-refractivity contribution in [2.45, 2.75) is 26.3 Å². The summed E-state index contributed by atoms with van der Waals surface area (Å²) < 4.78 is 14.6. The molecule has 3 N–H and O–H groups in total. The molecule has 18 heavy (non-hydrogen) atoms. The van der Waals surface area contributed by atoms with Crippen molar-refractivity contribution in [3.05, 3.63) is 34.1 Å². The molecule has 0 aromatic heterocycles. The highest BCUT2D eigenvalue weighted by Gasteiger charge is 2.35. The van der Waals surface area contributed by atoms with Crippen LogP contribution in [0.15, 0.2) is 22.7 Å². The molecule has 1 atom stereocenters. The first-order valence-corrected chi connectivity index (χ1v) is 6.57. The second kappa shape index (κ2) is 5.80. The van der Waals surface area contributed by atoms with Crippen LogP contribution >= 0.6 is 15.9 Å². The smallest absolute Gasteiger partial charge is 0.242 e. The zero-order valence-corrected chi connectivity index (χ0v) is 12.3. The lowest BCUT2D eigenvalue weighted by Gasteiger charge is -2.29. The summed E-state index contributed by atoms with van der Waals surface area (Å²) in [4.78, 5) is 11.7. The fourth-order valence-electron chi connectivity index (χ4n) is 1.60. The molecule has 0 aliphatic carbocycles. The third-order valence-electron chi connectivity index (χ3n) is 2.82. The molecule has 1 aromatic carbocycles. The lowest BCUT2D eigenvalue weighted by Crippen LogP contribution is -2.52. The quantitative estimate of drug-likeness (QED) is 0.877. The van der Waals surface area contributed by atoms with E-state index in [-0.39, 0.29) is 5.56 Å². The average Bonchev–Trinajstić information content (AvgIpc) is 2.29. The number of rotatable bonds is 5. The monoisotopic (exact) mass is 316 g/mol. The van der Waals surface area contributed by atoms with E-state index in [1.165, 1.54) is 6.07 Å². The van der Waals surface area contributed by atoms with Crippen LogP contribution in [-0.4, -0.2) is 12.5 Å². The minimum Gasteiger partial charge on any atom is -0.368 e. The fraction of sp³-hybridized carbons (Fsp3) is 0.462. The molecule has 100 valence electrons. The van der Waals surface area contributed by atoms with Gasteiger partial charge in [0.05, 0.1) is 0 Å². The van der Waals surface area contributed by atoms with Gasteiger partial charge in [-0.05, 0) is 37.6 Å². The minimum absolute atomic E-state index is 0.255. The predicted octanol–water partition coefficient (Wildman–Crippen LogP) is 2.53. The second-order valence-corrected chi connectivity index (χ2v) is 5.80. The maximum Gasteiger partial charge on any atom is 0.242 e. The molecule has 1 amide bonds. The molecule has 0 aliphatic heterocycles. The highest BCUT2D eigenvalue weighted by Crippen LogP contribution is 2.26. The van der Waals surface area contributed by atoms with Crippen LogP contribution in [0.4, 0.5) is 4.39 Å². The van der Waals surface area contributed by atoms with Crippen LogP contribution < -0.4 is 11.1 Å². The van der Waals surface area contributed by atoms with Crippen molar-refractivity contribution in [1.29, 1.82) is 0 Å². The number of hydrogen-bond donors (Lipinski definition) is 2. The summed E-state index contributed by atoms with van der Waals surface area (Å²) in [6, 6.07) is 4.48. The first-order valence-electron chi connectivity index (χ1n) is 5.78. The second-order valence-electron chi connectivity index (χ2n) is 4.89. The number of amides is 1. The largest absolute Gasteiger partial charge is 0.368 e. The Bertz CT molecular complexity index is 451. The molecule has 0 radical (unpaired) electrons. The number of primary amides is 1. The first kappa shape index (κ1) is 15.1. The number of nitrogens with one attached hydrogen (secondary N) is 1. The van der Waals surface area contributed by atoms with E-state index in [2.05, 4.69) is 21.2 Å². The summed E-state index contributed by atoms with van der Waals surface area (Å²) in [5.41, 5.74) is 4.47. The van der Waals surface area contributed by atoms with Crippen molar-refractivity contribution in [1.82, 2.24) is 5.32 Å². The standard InChI is InChI=1S/C13H18BrFN2O/c1-8(2)7-17-13(3,12(16)18)10-6-9(14)4-5-11(10)15/h4-6,8,17H,7H2,1-3H3,(H2,16,18). The summed E-state index contributed by atoms with van der Waals surface area (Å²) in [5, 5.41) is 3.04. The fourth-order valence-corrected chi connectivity index (χ4v) is 1.97. The van der Waals surface area contributed by atoms with Crippen LogP contribution in [-0.2, 0) is 10.3 Å². The Hall–Kier alpha value is -0.940. The van der Waals surface area contributed by atoms with Crippen LogP contribution in [0.2, 0.25) is 0 Å². The van der Waals surface area contributed by atoms with Crippen molar-refractivity contribution in [3.63, 3.8) is 0 Å². The van der Waals surface area contributed by atoms with Gasteiger partial charge in [0.25, 0.3) is 0 Å². The van der Waals surface area contributed by atoms with Crippen LogP contribution in [0.5, 0.6) is 0 Å². The van der Waals surface area contributed by atoms with Crippen molar-refractivity contribution in [2.24, 2.45) is 11.7 Å². The van der Waals surface area contributed by atoms with E-state index in [9.17, 15) is 9.18 Å². The Balaban J connectivity index is 3.18. The molecule has 5 heteroatoms. The van der Waals surface area contributed by atoms with E-state index in [1.54, 1.807) is 19.1 Å². The lowest BCUT2D eigenvalue weighted by molar-refractivity contribution is -0.124. The minimum atomic E-state index is -1.21. The van der Waals surface area contributed by atoms with Gasteiger partial charge in [0, 0.05) is 10.0 Å². The molecule has 0 bridgehead atoms. The summed E-state index contributed by atoms with van der Waals surface area (Å²) >= 11 is 3.27. The van der Waals surface area contributed by atoms with Gasteiger partial charge in [-0.25, -0.2) is 4.39 Å². The number of carbonyl (C=O) groups is 1. The van der Waals surface area contributed by atoms with Crippen LogP contribution in [0, 0.1) is 11.7 Å². The third-order valence-corrected chi connectivity index (χ3v) is 3.32. The van der Waals surface area contributed by atoms with Gasteiger partial charge in [-0.3, -0.25) is 10.1 Å². The van der Waals surface area contributed by atoms with Gasteiger partial charge in [-0.2, -0.15) is 0 Å². The zero-order valence-electron chi connectivity index (χ0n) is 10.8. The van der Waals surface area contributed by atoms with Crippen molar-refractivity contribution in [2.75, 3.05) is 6.54 Å². The van der Waals surface area contributed by atoms with Crippen LogP contribution in [0.1, 0.15) is 26.3 Å². The molecule has 0 fully saturated rings. The summed E-state index contributed by atoms with van der Waals surface area (Å²) in [5.74, 6) is -0.713. The number of nitrogens with two attached hydrogens (primary N) is 1. The third kappa shape index (κ3) is 3.29. The number of benzene rings is 1. The van der Waals surface area contributed by atoms with Gasteiger partial charge >= 0.3 is 0 Å². The SMILES string of the molecule is CC(C)CNC(C)(C(N)=O)c1cc(Br)ccc1F. The summed E-state index contributed by atoms with van der Waals surface area (Å²) in [6.07, 6.45) is 0. The van der Waals surface area contributed by atoms with Crippen LogP contribution in [0.25, 0.3) is 0 Å². The number of halogens is 2. The molecule has 1 unspecified atom stereocenters. The molecule has 0 aliphatic rings. The van der Waals surface area contributed by atoms with E-state index >= 15 is 0 Å². The molecule has 3 nitrogen and oxygen atoms in total. The molecule has 0 heterocycles. The van der Waals surface area contributed by atoms with Crippen molar-refractivity contribution in [3.8, 4) is 0 Å². The van der Waals surface area contributed by atoms with E-state index < -0.39 is 17.3 Å².